The molecule has 23 heavy (non-hydrogen) atoms. The maximum atomic E-state index is 13.7. The van der Waals surface area contributed by atoms with Crippen molar-refractivity contribution >= 4 is 48.0 Å². The molecule has 8 heteroatoms. The third kappa shape index (κ3) is 3.32. The fraction of sp³-hybridized carbons (Fsp3) is 0.0667. The van der Waals surface area contributed by atoms with E-state index >= 15 is 0 Å². The number of hydrogen-bond donors (Lipinski definition) is 1. The van der Waals surface area contributed by atoms with Crippen LogP contribution in [-0.2, 0) is 9.84 Å². The van der Waals surface area contributed by atoms with Crippen LogP contribution >= 0.6 is 15.9 Å². The van der Waals surface area contributed by atoms with E-state index in [4.69, 9.17) is 0 Å². The highest BCUT2D eigenvalue weighted by molar-refractivity contribution is 9.10. The second-order valence-corrected chi connectivity index (χ2v) is 7.70. The van der Waals surface area contributed by atoms with Crippen molar-refractivity contribution < 1.29 is 12.8 Å². The lowest BCUT2D eigenvalue weighted by molar-refractivity contribution is 0.602. The summed E-state index contributed by atoms with van der Waals surface area (Å²) in [6, 6.07) is 7.97. The molecule has 118 valence electrons. The lowest BCUT2D eigenvalue weighted by Crippen LogP contribution is -1.98. The highest BCUT2D eigenvalue weighted by Crippen LogP contribution is 2.27. The molecule has 3 aromatic rings. The molecular weight excluding hydrogens is 385 g/mol. The van der Waals surface area contributed by atoms with Crippen molar-refractivity contribution in [2.24, 2.45) is 0 Å². The smallest absolute Gasteiger partial charge is 0.175 e. The minimum absolute atomic E-state index is 0.239. The van der Waals surface area contributed by atoms with Gasteiger partial charge in [-0.25, -0.2) is 22.8 Å². The lowest BCUT2D eigenvalue weighted by Gasteiger charge is -2.08. The summed E-state index contributed by atoms with van der Waals surface area (Å²) in [4.78, 5) is 8.31. The molecule has 0 bridgehead atoms. The van der Waals surface area contributed by atoms with E-state index in [-0.39, 0.29) is 4.90 Å². The molecule has 0 saturated carbocycles. The fourth-order valence-corrected chi connectivity index (χ4v) is 3.13. The molecule has 3 rings (SSSR count). The van der Waals surface area contributed by atoms with Gasteiger partial charge < -0.3 is 5.32 Å². The van der Waals surface area contributed by atoms with Crippen molar-refractivity contribution in [3.05, 3.63) is 53.1 Å². The van der Waals surface area contributed by atoms with E-state index in [9.17, 15) is 12.8 Å². The molecule has 0 unspecified atom stereocenters. The Hall–Kier alpha value is -2.06. The van der Waals surface area contributed by atoms with E-state index in [1.54, 1.807) is 18.2 Å². The quantitative estimate of drug-likeness (QED) is 0.684. The van der Waals surface area contributed by atoms with Gasteiger partial charge >= 0.3 is 0 Å². The molecule has 0 aliphatic carbocycles. The number of sulfone groups is 1. The molecule has 2 heterocycles. The average Bonchev–Trinajstić information content (AvgIpc) is 2.51. The summed E-state index contributed by atoms with van der Waals surface area (Å²) in [5.74, 6) is 0.0532. The average molecular weight is 396 g/mol. The van der Waals surface area contributed by atoms with E-state index in [0.29, 0.717) is 26.9 Å². The van der Waals surface area contributed by atoms with Crippen LogP contribution in [0.3, 0.4) is 0 Å². The Labute approximate surface area is 140 Å². The van der Waals surface area contributed by atoms with Gasteiger partial charge in [0.15, 0.2) is 15.7 Å². The van der Waals surface area contributed by atoms with Crippen LogP contribution in [0.1, 0.15) is 0 Å². The zero-order valence-electron chi connectivity index (χ0n) is 11.9. The number of anilines is 2. The number of benzene rings is 1. The normalized spacial score (nSPS) is 11.6. The summed E-state index contributed by atoms with van der Waals surface area (Å²) in [7, 11) is -3.23. The van der Waals surface area contributed by atoms with Gasteiger partial charge in [-0.2, -0.15) is 0 Å². The number of rotatable bonds is 3. The molecule has 0 amide bonds. The molecule has 2 aromatic heterocycles. The minimum atomic E-state index is -3.23. The van der Waals surface area contributed by atoms with Crippen LogP contribution in [0, 0.1) is 5.82 Å². The van der Waals surface area contributed by atoms with E-state index in [1.165, 1.54) is 18.3 Å². The van der Waals surface area contributed by atoms with Crippen molar-refractivity contribution in [2.45, 2.75) is 4.90 Å². The van der Waals surface area contributed by atoms with Gasteiger partial charge in [0, 0.05) is 28.9 Å². The zero-order chi connectivity index (χ0) is 16.6. The van der Waals surface area contributed by atoms with Gasteiger partial charge in [-0.05, 0) is 46.3 Å². The summed E-state index contributed by atoms with van der Waals surface area (Å²) in [5.41, 5.74) is 0.671. The maximum absolute atomic E-state index is 13.7. The minimum Gasteiger partial charge on any atom is -0.340 e. The number of fused-ring (bicyclic) bond motifs is 1. The number of nitrogens with zero attached hydrogens (tertiary/aromatic N) is 2. The lowest BCUT2D eigenvalue weighted by atomic mass is 10.2. The molecule has 0 fully saturated rings. The predicted octanol–water partition coefficient (Wildman–Crippen LogP) is 3.68. The maximum Gasteiger partial charge on any atom is 0.175 e. The Morgan fingerprint density at radius 3 is 2.43 bits per heavy atom. The van der Waals surface area contributed by atoms with Gasteiger partial charge in [-0.1, -0.05) is 0 Å². The van der Waals surface area contributed by atoms with Crippen LogP contribution < -0.4 is 5.32 Å². The third-order valence-electron chi connectivity index (χ3n) is 3.23. The van der Waals surface area contributed by atoms with Gasteiger partial charge in [0.05, 0.1) is 11.1 Å². The predicted molar refractivity (Wildman–Crippen MR) is 90.0 cm³/mol. The summed E-state index contributed by atoms with van der Waals surface area (Å²) in [6.07, 6.45) is 3.70. The first-order valence-corrected chi connectivity index (χ1v) is 9.20. The van der Waals surface area contributed by atoms with Gasteiger partial charge in [0.2, 0.25) is 0 Å². The molecule has 1 aromatic carbocycles. The molecule has 0 aliphatic heterocycles. The van der Waals surface area contributed by atoms with Crippen molar-refractivity contribution in [3.63, 3.8) is 0 Å². The summed E-state index contributed by atoms with van der Waals surface area (Å²) in [5, 5.41) is 4.00. The molecule has 0 radical (unpaired) electrons. The highest BCUT2D eigenvalue weighted by Gasteiger charge is 2.09. The molecule has 5 nitrogen and oxygen atoms in total. The molecular formula is C15H11BrFN3O2S. The standard InChI is InChI=1S/C15H11BrFN3O2S/c1-23(21,22)10-4-2-9(3-5-10)20-14-6-11-12(7-18-14)13(17)8-19-15(11)16/h2-8H,1H3,(H,18,20). The number of hydrogen-bond acceptors (Lipinski definition) is 5. The van der Waals surface area contributed by atoms with Gasteiger partial charge in [-0.15, -0.1) is 0 Å². The Kier molecular flexibility index (Phi) is 4.03. The van der Waals surface area contributed by atoms with Crippen LogP contribution in [-0.4, -0.2) is 24.6 Å². The molecule has 1 N–H and O–H groups in total. The molecule has 0 aliphatic rings. The van der Waals surface area contributed by atoms with Gasteiger partial charge in [0.1, 0.15) is 10.4 Å². The second-order valence-electron chi connectivity index (χ2n) is 4.93. The largest absolute Gasteiger partial charge is 0.340 e. The van der Waals surface area contributed by atoms with Crippen LogP contribution in [0.25, 0.3) is 10.8 Å². The van der Waals surface area contributed by atoms with E-state index < -0.39 is 15.7 Å². The first-order valence-electron chi connectivity index (χ1n) is 6.51. The summed E-state index contributed by atoms with van der Waals surface area (Å²) in [6.45, 7) is 0. The zero-order valence-corrected chi connectivity index (χ0v) is 14.3. The number of pyridine rings is 2. The van der Waals surface area contributed by atoms with Crippen LogP contribution in [0.2, 0.25) is 0 Å². The second kappa shape index (κ2) is 5.86. The Bertz CT molecular complexity index is 992. The third-order valence-corrected chi connectivity index (χ3v) is 4.99. The van der Waals surface area contributed by atoms with Gasteiger partial charge in [0.25, 0.3) is 0 Å². The summed E-state index contributed by atoms with van der Waals surface area (Å²) < 4.78 is 37.1. The Morgan fingerprint density at radius 1 is 1.09 bits per heavy atom. The number of halogens is 2. The van der Waals surface area contributed by atoms with Crippen molar-refractivity contribution in [2.75, 3.05) is 11.6 Å². The topological polar surface area (TPSA) is 72.0 Å². The Balaban J connectivity index is 1.94. The summed E-state index contributed by atoms with van der Waals surface area (Å²) >= 11 is 3.28. The molecule has 0 saturated heterocycles. The fourth-order valence-electron chi connectivity index (χ4n) is 2.07. The number of aromatic nitrogens is 2. The monoisotopic (exact) mass is 395 g/mol. The highest BCUT2D eigenvalue weighted by atomic mass is 79.9. The molecule has 0 spiro atoms. The number of nitrogens with one attached hydrogen (secondary N) is 1. The van der Waals surface area contributed by atoms with Crippen LogP contribution in [0.4, 0.5) is 15.9 Å². The van der Waals surface area contributed by atoms with Crippen LogP contribution in [0.5, 0.6) is 0 Å². The molecule has 0 atom stereocenters. The van der Waals surface area contributed by atoms with Crippen molar-refractivity contribution in [1.82, 2.24) is 9.97 Å². The van der Waals surface area contributed by atoms with Crippen molar-refractivity contribution in [1.29, 1.82) is 0 Å². The van der Waals surface area contributed by atoms with E-state index in [2.05, 4.69) is 31.2 Å². The van der Waals surface area contributed by atoms with Gasteiger partial charge in [-0.3, -0.25) is 0 Å². The van der Waals surface area contributed by atoms with Crippen molar-refractivity contribution in [3.8, 4) is 0 Å². The Morgan fingerprint density at radius 2 is 1.78 bits per heavy atom. The van der Waals surface area contributed by atoms with E-state index in [0.717, 1.165) is 12.5 Å². The van der Waals surface area contributed by atoms with E-state index in [1.807, 2.05) is 0 Å². The SMILES string of the molecule is CS(=O)(=O)c1ccc(Nc2cc3c(Br)ncc(F)c3cn2)cc1. The first kappa shape index (κ1) is 15.8. The van der Waals surface area contributed by atoms with Crippen LogP contribution in [0.15, 0.2) is 52.2 Å². The first-order chi connectivity index (χ1) is 10.8.